The average Bonchev–Trinajstić information content (AvgIpc) is 3.08. The topological polar surface area (TPSA) is 111 Å². The highest BCUT2D eigenvalue weighted by Gasteiger charge is 2.46. The average molecular weight is 444 g/mol. The fraction of sp³-hybridized carbons (Fsp3) is 0.364. The lowest BCUT2D eigenvalue weighted by Gasteiger charge is -2.36. The molecule has 0 atom stereocenters. The summed E-state index contributed by atoms with van der Waals surface area (Å²) < 4.78 is 33.2. The lowest BCUT2D eigenvalue weighted by molar-refractivity contribution is 0.0741. The van der Waals surface area contributed by atoms with Gasteiger partial charge in [-0.25, -0.2) is 18.2 Å². The number of fused-ring (bicyclic) bond motifs is 1. The Morgan fingerprint density at radius 3 is 2.52 bits per heavy atom. The number of carboxylic acid groups (broad SMARTS) is 1. The molecule has 3 aromatic rings. The fourth-order valence-electron chi connectivity index (χ4n) is 4.12. The van der Waals surface area contributed by atoms with Crippen LogP contribution in [0.3, 0.4) is 0 Å². The first kappa shape index (κ1) is 21.3. The molecule has 164 valence electrons. The smallest absolute Gasteiger partial charge is 0.404 e. The van der Waals surface area contributed by atoms with E-state index in [-0.39, 0.29) is 37.5 Å². The van der Waals surface area contributed by atoms with Crippen LogP contribution < -0.4 is 5.32 Å². The van der Waals surface area contributed by atoms with Crippen LogP contribution in [0.15, 0.2) is 53.4 Å². The largest absolute Gasteiger partial charge is 0.465 e. The molecule has 0 radical (unpaired) electrons. The lowest BCUT2D eigenvalue weighted by atomic mass is 9.99. The number of para-hydroxylation sites is 2. The van der Waals surface area contributed by atoms with Gasteiger partial charge in [0.2, 0.25) is 0 Å². The van der Waals surface area contributed by atoms with Gasteiger partial charge in [0.25, 0.3) is 0 Å². The minimum absolute atomic E-state index is 0.157. The van der Waals surface area contributed by atoms with Crippen molar-refractivity contribution in [2.45, 2.75) is 36.0 Å². The molecular weight excluding hydrogens is 418 g/mol. The first-order chi connectivity index (χ1) is 14.8. The summed E-state index contributed by atoms with van der Waals surface area (Å²) in [6.07, 6.45) is -0.742. The summed E-state index contributed by atoms with van der Waals surface area (Å²) in [5, 5.41) is 11.3. The number of ether oxygens (including phenoxy) is 1. The van der Waals surface area contributed by atoms with E-state index in [1.165, 1.54) is 0 Å². The molecule has 0 spiro atoms. The molecule has 0 unspecified atom stereocenters. The van der Waals surface area contributed by atoms with Gasteiger partial charge in [-0.1, -0.05) is 24.3 Å². The number of nitrogens with one attached hydrogen (secondary N) is 1. The van der Waals surface area contributed by atoms with Crippen LogP contribution in [0.2, 0.25) is 0 Å². The minimum atomic E-state index is -3.77. The molecule has 2 N–H and O–H groups in total. The van der Waals surface area contributed by atoms with Crippen molar-refractivity contribution in [2.75, 3.05) is 19.8 Å². The molecule has 1 aliphatic rings. The van der Waals surface area contributed by atoms with Crippen molar-refractivity contribution >= 4 is 27.0 Å². The van der Waals surface area contributed by atoms with Crippen LogP contribution in [-0.4, -0.2) is 53.7 Å². The molecule has 0 aliphatic carbocycles. The standard InChI is InChI=1S/C22H25N3O5S/c1-16-24-19-4-2-3-5-20(19)25(16)14-17-6-8-18(9-7-17)31(28,29)22(15-23-21(26)27)10-12-30-13-11-22/h2-9,23H,10-15H2,1H3,(H,26,27). The summed E-state index contributed by atoms with van der Waals surface area (Å²) in [5.74, 6) is 0.888. The Morgan fingerprint density at radius 1 is 1.16 bits per heavy atom. The molecule has 2 aromatic carbocycles. The van der Waals surface area contributed by atoms with Crippen LogP contribution in [0.1, 0.15) is 24.2 Å². The van der Waals surface area contributed by atoms with E-state index in [0.29, 0.717) is 6.54 Å². The van der Waals surface area contributed by atoms with Gasteiger partial charge in [-0.3, -0.25) is 0 Å². The van der Waals surface area contributed by atoms with Gasteiger partial charge in [0.15, 0.2) is 9.84 Å². The molecule has 1 saturated heterocycles. The Balaban J connectivity index is 1.61. The highest BCUT2D eigenvalue weighted by molar-refractivity contribution is 7.92. The van der Waals surface area contributed by atoms with Gasteiger partial charge in [0.05, 0.1) is 20.7 Å². The maximum absolute atomic E-state index is 13.5. The molecule has 4 rings (SSSR count). The highest BCUT2D eigenvalue weighted by atomic mass is 32.2. The van der Waals surface area contributed by atoms with Crippen molar-refractivity contribution in [3.63, 3.8) is 0 Å². The highest BCUT2D eigenvalue weighted by Crippen LogP contribution is 2.34. The monoisotopic (exact) mass is 443 g/mol. The number of hydrogen-bond acceptors (Lipinski definition) is 5. The number of nitrogens with zero attached hydrogens (tertiary/aromatic N) is 2. The molecule has 1 amide bonds. The first-order valence-corrected chi connectivity index (χ1v) is 11.6. The van der Waals surface area contributed by atoms with Crippen molar-refractivity contribution < 1.29 is 23.1 Å². The lowest BCUT2D eigenvalue weighted by Crippen LogP contribution is -2.52. The SMILES string of the molecule is Cc1nc2ccccc2n1Cc1ccc(S(=O)(=O)C2(CNC(=O)O)CCOCC2)cc1. The predicted molar refractivity (Wildman–Crippen MR) is 116 cm³/mol. The second kappa shape index (κ2) is 8.32. The predicted octanol–water partition coefficient (Wildman–Crippen LogP) is 2.98. The van der Waals surface area contributed by atoms with Crippen LogP contribution >= 0.6 is 0 Å². The fourth-order valence-corrected chi connectivity index (χ4v) is 6.08. The molecular formula is C22H25N3O5S. The number of hydrogen-bond donors (Lipinski definition) is 2. The number of aromatic nitrogens is 2. The van der Waals surface area contributed by atoms with E-state index in [4.69, 9.17) is 9.84 Å². The zero-order valence-electron chi connectivity index (χ0n) is 17.2. The summed E-state index contributed by atoms with van der Waals surface area (Å²) in [5.41, 5.74) is 2.90. The number of sulfone groups is 1. The van der Waals surface area contributed by atoms with Crippen LogP contribution in [0.5, 0.6) is 0 Å². The second-order valence-corrected chi connectivity index (χ2v) is 10.2. The molecule has 9 heteroatoms. The molecule has 1 fully saturated rings. The zero-order valence-corrected chi connectivity index (χ0v) is 18.1. The normalized spacial score (nSPS) is 16.3. The van der Waals surface area contributed by atoms with E-state index < -0.39 is 20.7 Å². The number of benzene rings is 2. The van der Waals surface area contributed by atoms with Gasteiger partial charge in [-0.15, -0.1) is 0 Å². The third-order valence-corrected chi connectivity index (χ3v) is 8.54. The van der Waals surface area contributed by atoms with Crippen molar-refractivity contribution in [3.8, 4) is 0 Å². The molecule has 2 heterocycles. The van der Waals surface area contributed by atoms with Gasteiger partial charge < -0.3 is 19.7 Å². The van der Waals surface area contributed by atoms with Crippen molar-refractivity contribution in [1.29, 1.82) is 0 Å². The van der Waals surface area contributed by atoms with Crippen molar-refractivity contribution in [1.82, 2.24) is 14.9 Å². The third kappa shape index (κ3) is 4.03. The van der Waals surface area contributed by atoms with Crippen LogP contribution in [0.25, 0.3) is 11.0 Å². The molecule has 31 heavy (non-hydrogen) atoms. The van der Waals surface area contributed by atoms with Gasteiger partial charge in [0, 0.05) is 26.3 Å². The number of amides is 1. The summed E-state index contributed by atoms with van der Waals surface area (Å²) >= 11 is 0. The van der Waals surface area contributed by atoms with Crippen LogP contribution in [0.4, 0.5) is 4.79 Å². The van der Waals surface area contributed by atoms with E-state index >= 15 is 0 Å². The van der Waals surface area contributed by atoms with Crippen molar-refractivity contribution in [2.24, 2.45) is 0 Å². The summed E-state index contributed by atoms with van der Waals surface area (Å²) in [6.45, 7) is 2.93. The van der Waals surface area contributed by atoms with Gasteiger partial charge in [-0.2, -0.15) is 0 Å². The molecule has 1 aromatic heterocycles. The summed E-state index contributed by atoms with van der Waals surface area (Å²) in [6, 6.07) is 14.7. The molecule has 8 nitrogen and oxygen atoms in total. The Morgan fingerprint density at radius 2 is 1.84 bits per heavy atom. The Hall–Kier alpha value is -2.91. The van der Waals surface area contributed by atoms with E-state index in [2.05, 4.69) is 14.9 Å². The Kier molecular flexibility index (Phi) is 5.72. The van der Waals surface area contributed by atoms with Gasteiger partial charge in [-0.05, 0) is 49.6 Å². The maximum Gasteiger partial charge on any atom is 0.404 e. The second-order valence-electron chi connectivity index (χ2n) is 7.84. The Bertz CT molecular complexity index is 1200. The molecule has 1 aliphatic heterocycles. The number of carbonyl (C=O) groups is 1. The summed E-state index contributed by atoms with van der Waals surface area (Å²) in [7, 11) is -3.77. The number of aryl methyl sites for hydroxylation is 1. The number of rotatable bonds is 6. The molecule has 0 saturated carbocycles. The van der Waals surface area contributed by atoms with Crippen LogP contribution in [-0.2, 0) is 21.1 Å². The maximum atomic E-state index is 13.5. The third-order valence-electron chi connectivity index (χ3n) is 5.96. The molecule has 0 bridgehead atoms. The van der Waals surface area contributed by atoms with E-state index in [1.54, 1.807) is 24.3 Å². The zero-order chi connectivity index (χ0) is 22.1. The quantitative estimate of drug-likeness (QED) is 0.606. The Labute approximate surface area is 180 Å². The number of imidazole rings is 1. The summed E-state index contributed by atoms with van der Waals surface area (Å²) in [4.78, 5) is 15.8. The van der Waals surface area contributed by atoms with E-state index in [1.807, 2.05) is 31.2 Å². The van der Waals surface area contributed by atoms with E-state index in [0.717, 1.165) is 22.4 Å². The van der Waals surface area contributed by atoms with Crippen molar-refractivity contribution in [3.05, 3.63) is 59.9 Å². The van der Waals surface area contributed by atoms with Gasteiger partial charge in [0.1, 0.15) is 5.82 Å². The van der Waals surface area contributed by atoms with E-state index in [9.17, 15) is 13.2 Å². The first-order valence-electron chi connectivity index (χ1n) is 10.1. The minimum Gasteiger partial charge on any atom is -0.465 e. The van der Waals surface area contributed by atoms with Crippen LogP contribution in [0, 0.1) is 6.92 Å². The van der Waals surface area contributed by atoms with Gasteiger partial charge >= 0.3 is 6.09 Å².